The van der Waals surface area contributed by atoms with Crippen LogP contribution in [0.3, 0.4) is 0 Å². The van der Waals surface area contributed by atoms with Crippen LogP contribution >= 0.6 is 0 Å². The highest BCUT2D eigenvalue weighted by atomic mass is 15.0. The van der Waals surface area contributed by atoms with Gasteiger partial charge in [0.1, 0.15) is 0 Å². The van der Waals surface area contributed by atoms with Crippen molar-refractivity contribution in [1.82, 2.24) is 9.13 Å². The van der Waals surface area contributed by atoms with Crippen LogP contribution in [0.25, 0.3) is 72.4 Å². The average Bonchev–Trinajstić information content (AvgIpc) is 3.72. The molecule has 0 spiro atoms. The minimum atomic E-state index is -0.0968. The van der Waals surface area contributed by atoms with Crippen molar-refractivity contribution in [3.63, 3.8) is 0 Å². The first-order valence-corrected chi connectivity index (χ1v) is 16.8. The molecule has 224 valence electrons. The molecule has 0 radical (unpaired) electrons. The van der Waals surface area contributed by atoms with Crippen LogP contribution in [0.15, 0.2) is 140 Å². The molecule has 2 nitrogen and oxygen atoms in total. The molecule has 0 bridgehead atoms. The van der Waals surface area contributed by atoms with Gasteiger partial charge in [0.15, 0.2) is 0 Å². The largest absolute Gasteiger partial charge is 0.313 e. The first-order chi connectivity index (χ1) is 23.1. The molecule has 10 rings (SSSR count). The molecule has 0 saturated carbocycles. The summed E-state index contributed by atoms with van der Waals surface area (Å²) in [6.07, 6.45) is 6.83. The number of rotatable bonds is 3. The Balaban J connectivity index is 1.29. The summed E-state index contributed by atoms with van der Waals surface area (Å²) in [5.41, 5.74) is 17.0. The Morgan fingerprint density at radius 2 is 1.30 bits per heavy atom. The number of hydrogen-bond acceptors (Lipinski definition) is 0. The number of aromatic nitrogens is 2. The lowest BCUT2D eigenvalue weighted by Gasteiger charge is -2.26. The van der Waals surface area contributed by atoms with E-state index in [1.165, 1.54) is 88.7 Å². The molecule has 2 heterocycles. The van der Waals surface area contributed by atoms with Crippen LogP contribution in [0, 0.1) is 0 Å². The van der Waals surface area contributed by atoms with E-state index in [2.05, 4.69) is 169 Å². The van der Waals surface area contributed by atoms with Gasteiger partial charge in [-0.15, -0.1) is 0 Å². The van der Waals surface area contributed by atoms with E-state index in [4.69, 9.17) is 0 Å². The van der Waals surface area contributed by atoms with E-state index in [1.807, 2.05) is 0 Å². The van der Waals surface area contributed by atoms with Gasteiger partial charge in [-0.3, -0.25) is 0 Å². The molecule has 2 aliphatic rings. The Morgan fingerprint density at radius 1 is 0.574 bits per heavy atom. The molecular formula is C45H34N2. The summed E-state index contributed by atoms with van der Waals surface area (Å²) in [6.45, 7) is 4.79. The fraction of sp³-hybridized carbons (Fsp3) is 0.111. The Kier molecular flexibility index (Phi) is 5.49. The quantitative estimate of drug-likeness (QED) is 0.190. The average molecular weight is 603 g/mol. The zero-order chi connectivity index (χ0) is 31.3. The topological polar surface area (TPSA) is 9.86 Å². The normalized spacial score (nSPS) is 14.5. The molecule has 0 amide bonds. The lowest BCUT2D eigenvalue weighted by molar-refractivity contribution is 0.654. The summed E-state index contributed by atoms with van der Waals surface area (Å²) >= 11 is 0. The predicted molar refractivity (Wildman–Crippen MR) is 198 cm³/mol. The third-order valence-electron chi connectivity index (χ3n) is 10.8. The van der Waals surface area contributed by atoms with Gasteiger partial charge in [0.2, 0.25) is 0 Å². The molecule has 0 unspecified atom stereocenters. The van der Waals surface area contributed by atoms with E-state index in [0.717, 1.165) is 12.8 Å². The predicted octanol–water partition coefficient (Wildman–Crippen LogP) is 11.7. The second-order valence-electron chi connectivity index (χ2n) is 13.6. The fourth-order valence-electron chi connectivity index (χ4n) is 8.78. The van der Waals surface area contributed by atoms with Crippen molar-refractivity contribution < 1.29 is 0 Å². The van der Waals surface area contributed by atoms with Crippen molar-refractivity contribution in [3.05, 3.63) is 162 Å². The first-order valence-electron chi connectivity index (χ1n) is 16.8. The van der Waals surface area contributed by atoms with Gasteiger partial charge in [0.05, 0.1) is 22.2 Å². The highest BCUT2D eigenvalue weighted by molar-refractivity contribution is 6.23. The van der Waals surface area contributed by atoms with Crippen LogP contribution in [0.2, 0.25) is 0 Å². The van der Waals surface area contributed by atoms with Crippen LogP contribution < -0.4 is 0 Å². The van der Waals surface area contributed by atoms with Crippen molar-refractivity contribution >= 4 is 38.8 Å². The third kappa shape index (κ3) is 3.61. The van der Waals surface area contributed by atoms with E-state index < -0.39 is 0 Å². The van der Waals surface area contributed by atoms with Gasteiger partial charge in [-0.1, -0.05) is 123 Å². The minimum absolute atomic E-state index is 0.0968. The van der Waals surface area contributed by atoms with Crippen molar-refractivity contribution in [1.29, 1.82) is 0 Å². The number of hydrogen-bond donors (Lipinski definition) is 0. The maximum atomic E-state index is 2.61. The van der Waals surface area contributed by atoms with Gasteiger partial charge in [0, 0.05) is 38.5 Å². The van der Waals surface area contributed by atoms with Gasteiger partial charge in [-0.2, -0.15) is 0 Å². The van der Waals surface area contributed by atoms with Gasteiger partial charge < -0.3 is 9.13 Å². The highest BCUT2D eigenvalue weighted by Gasteiger charge is 2.38. The van der Waals surface area contributed by atoms with E-state index in [-0.39, 0.29) is 5.41 Å². The number of para-hydroxylation sites is 1. The molecule has 8 aromatic rings. The minimum Gasteiger partial charge on any atom is -0.313 e. The molecule has 0 N–H and O–H groups in total. The van der Waals surface area contributed by atoms with Gasteiger partial charge >= 0.3 is 0 Å². The lowest BCUT2D eigenvalue weighted by Crippen LogP contribution is -2.18. The van der Waals surface area contributed by atoms with E-state index in [9.17, 15) is 0 Å². The summed E-state index contributed by atoms with van der Waals surface area (Å²) < 4.78 is 5.08. The first kappa shape index (κ1) is 26.6. The number of fused-ring (bicyclic) bond motifs is 10. The van der Waals surface area contributed by atoms with Crippen LogP contribution in [-0.4, -0.2) is 9.13 Å². The number of allylic oxidation sites excluding steroid dienone is 1. The number of nitrogens with zero attached hydrogens (tertiary/aromatic N) is 2. The smallest absolute Gasteiger partial charge is 0.0548 e. The Hall–Kier alpha value is -5.60. The van der Waals surface area contributed by atoms with Crippen LogP contribution in [0.5, 0.6) is 0 Å². The summed E-state index contributed by atoms with van der Waals surface area (Å²) in [4.78, 5) is 0. The van der Waals surface area contributed by atoms with Gasteiger partial charge in [0.25, 0.3) is 0 Å². The van der Waals surface area contributed by atoms with Crippen LogP contribution in [0.1, 0.15) is 42.7 Å². The van der Waals surface area contributed by atoms with Crippen molar-refractivity contribution in [2.24, 2.45) is 0 Å². The summed E-state index contributed by atoms with van der Waals surface area (Å²) in [5.74, 6) is 0. The molecule has 2 aliphatic carbocycles. The van der Waals surface area contributed by atoms with Gasteiger partial charge in [-0.25, -0.2) is 0 Å². The molecular weight excluding hydrogens is 569 g/mol. The maximum Gasteiger partial charge on any atom is 0.0548 e. The Bertz CT molecular complexity index is 2590. The highest BCUT2D eigenvalue weighted by Crippen LogP contribution is 2.52. The Morgan fingerprint density at radius 3 is 2.19 bits per heavy atom. The molecule has 0 aliphatic heterocycles. The molecule has 0 saturated heterocycles. The standard InChI is InChI=1S/C45H34N2/c1-45(2)36-22-9-6-18-32(36)33-21-13-25-41(44(33)45)47-38-24-11-8-20-35(38)43-40(47)27-26-39-42(43)34-19-7-10-23-37(34)46(39)31-17-12-16-30(28-31)29-14-4-3-5-15-29/h3-10,12-23,25-28H,11,24H2,1-2H3. The Labute approximate surface area is 274 Å². The molecule has 6 aromatic carbocycles. The zero-order valence-electron chi connectivity index (χ0n) is 26.7. The van der Waals surface area contributed by atoms with E-state index in [1.54, 1.807) is 0 Å². The third-order valence-corrected chi connectivity index (χ3v) is 10.8. The molecule has 47 heavy (non-hydrogen) atoms. The lowest BCUT2D eigenvalue weighted by atomic mass is 9.81. The second kappa shape index (κ2) is 9.70. The van der Waals surface area contributed by atoms with Crippen LogP contribution in [0.4, 0.5) is 0 Å². The van der Waals surface area contributed by atoms with Gasteiger partial charge in [-0.05, 0) is 82.6 Å². The summed E-state index contributed by atoms with van der Waals surface area (Å²) in [6, 6.07) is 49.3. The van der Waals surface area contributed by atoms with E-state index >= 15 is 0 Å². The molecule has 0 atom stereocenters. The zero-order valence-corrected chi connectivity index (χ0v) is 26.7. The van der Waals surface area contributed by atoms with Crippen LogP contribution in [-0.2, 0) is 11.8 Å². The second-order valence-corrected chi connectivity index (χ2v) is 13.6. The molecule has 2 aromatic heterocycles. The van der Waals surface area contributed by atoms with E-state index in [0.29, 0.717) is 0 Å². The molecule has 0 fully saturated rings. The summed E-state index contributed by atoms with van der Waals surface area (Å²) in [7, 11) is 0. The fourth-order valence-corrected chi connectivity index (χ4v) is 8.78. The maximum absolute atomic E-state index is 2.61. The molecule has 2 heteroatoms. The number of benzene rings is 6. The van der Waals surface area contributed by atoms with Crippen molar-refractivity contribution in [3.8, 4) is 33.6 Å². The van der Waals surface area contributed by atoms with Crippen molar-refractivity contribution in [2.75, 3.05) is 0 Å². The summed E-state index contributed by atoms with van der Waals surface area (Å²) in [5, 5.41) is 3.98. The van der Waals surface area contributed by atoms with Crippen molar-refractivity contribution in [2.45, 2.75) is 32.1 Å². The monoisotopic (exact) mass is 602 g/mol. The SMILES string of the molecule is CC1(C)c2ccccc2-c2cccc(-n3c4c(c5c6c7ccccc7n(-c7cccc(-c8ccccc8)c7)c6ccc53)C=CCC4)c21.